The van der Waals surface area contributed by atoms with Crippen LogP contribution >= 0.6 is 11.6 Å². The van der Waals surface area contributed by atoms with Gasteiger partial charge in [0.15, 0.2) is 6.29 Å². The number of benzene rings is 1. The summed E-state index contributed by atoms with van der Waals surface area (Å²) in [4.78, 5) is 0. The largest absolute Gasteiger partial charge is 0.349 e. The van der Waals surface area contributed by atoms with Crippen LogP contribution in [-0.2, 0) is 9.47 Å². The van der Waals surface area contributed by atoms with Crippen molar-refractivity contribution in [3.63, 3.8) is 0 Å². The van der Waals surface area contributed by atoms with Gasteiger partial charge < -0.3 is 9.47 Å². The second-order valence-electron chi connectivity index (χ2n) is 2.80. The van der Waals surface area contributed by atoms with Gasteiger partial charge in [0.05, 0.1) is 0 Å². The van der Waals surface area contributed by atoms with E-state index in [4.69, 9.17) is 21.1 Å². The van der Waals surface area contributed by atoms with Gasteiger partial charge in [0.25, 0.3) is 0 Å². The summed E-state index contributed by atoms with van der Waals surface area (Å²) in [6.45, 7) is 5.13. The summed E-state index contributed by atoms with van der Waals surface area (Å²) >= 11 is 5.88. The van der Waals surface area contributed by atoms with Crippen molar-refractivity contribution < 1.29 is 9.47 Å². The first-order valence-corrected chi connectivity index (χ1v) is 5.14. The van der Waals surface area contributed by atoms with E-state index in [1.54, 1.807) is 0 Å². The normalized spacial score (nSPS) is 10.9. The lowest BCUT2D eigenvalue weighted by atomic mass is 10.2. The molecule has 0 saturated heterocycles. The van der Waals surface area contributed by atoms with E-state index in [0.717, 1.165) is 5.56 Å². The van der Waals surface area contributed by atoms with Crippen molar-refractivity contribution in [2.75, 3.05) is 13.2 Å². The second kappa shape index (κ2) is 6.02. The van der Waals surface area contributed by atoms with E-state index in [0.29, 0.717) is 18.2 Å². The highest BCUT2D eigenvalue weighted by Gasteiger charge is 2.10. The van der Waals surface area contributed by atoms with Crippen molar-refractivity contribution in [2.24, 2.45) is 0 Å². The van der Waals surface area contributed by atoms with Gasteiger partial charge in [-0.3, -0.25) is 0 Å². The fourth-order valence-corrected chi connectivity index (χ4v) is 1.40. The maximum Gasteiger partial charge on any atom is 0.183 e. The molecule has 0 bridgehead atoms. The van der Waals surface area contributed by atoms with Crippen molar-refractivity contribution in [1.29, 1.82) is 0 Å². The van der Waals surface area contributed by atoms with Crippen molar-refractivity contribution in [3.05, 3.63) is 34.9 Å². The molecule has 0 spiro atoms. The average Bonchev–Trinajstić information content (AvgIpc) is 2.17. The summed E-state index contributed by atoms with van der Waals surface area (Å²) in [6, 6.07) is 7.53. The molecule has 14 heavy (non-hydrogen) atoms. The van der Waals surface area contributed by atoms with E-state index in [9.17, 15) is 0 Å². The van der Waals surface area contributed by atoms with Crippen LogP contribution in [0.1, 0.15) is 25.7 Å². The minimum absolute atomic E-state index is 0.302. The third kappa shape index (κ3) is 3.29. The molecule has 1 aromatic carbocycles. The summed E-state index contributed by atoms with van der Waals surface area (Å²) < 4.78 is 10.9. The molecular weight excluding hydrogens is 200 g/mol. The molecule has 0 amide bonds. The van der Waals surface area contributed by atoms with Crippen molar-refractivity contribution in [3.8, 4) is 0 Å². The predicted octanol–water partition coefficient (Wildman–Crippen LogP) is 3.41. The van der Waals surface area contributed by atoms with Gasteiger partial charge >= 0.3 is 0 Å². The van der Waals surface area contributed by atoms with E-state index < -0.39 is 0 Å². The summed E-state index contributed by atoms with van der Waals surface area (Å²) in [5.41, 5.74) is 0.959. The fraction of sp³-hybridized carbons (Fsp3) is 0.455. The van der Waals surface area contributed by atoms with Crippen LogP contribution in [0, 0.1) is 0 Å². The van der Waals surface area contributed by atoms with Crippen molar-refractivity contribution in [2.45, 2.75) is 20.1 Å². The average molecular weight is 215 g/mol. The van der Waals surface area contributed by atoms with E-state index in [-0.39, 0.29) is 6.29 Å². The molecule has 0 unspecified atom stereocenters. The van der Waals surface area contributed by atoms with Gasteiger partial charge in [0, 0.05) is 23.8 Å². The van der Waals surface area contributed by atoms with E-state index in [2.05, 4.69) is 0 Å². The van der Waals surface area contributed by atoms with E-state index in [1.165, 1.54) is 0 Å². The van der Waals surface area contributed by atoms with Crippen LogP contribution in [0.5, 0.6) is 0 Å². The first-order valence-electron chi connectivity index (χ1n) is 4.76. The Labute approximate surface area is 89.8 Å². The topological polar surface area (TPSA) is 18.5 Å². The molecule has 0 N–H and O–H groups in total. The molecule has 1 rings (SSSR count). The lowest BCUT2D eigenvalue weighted by molar-refractivity contribution is -0.140. The molecule has 0 saturated carbocycles. The van der Waals surface area contributed by atoms with Crippen LogP contribution in [0.2, 0.25) is 5.02 Å². The molecule has 3 heteroatoms. The van der Waals surface area contributed by atoms with Crippen molar-refractivity contribution >= 4 is 11.6 Å². The number of hydrogen-bond acceptors (Lipinski definition) is 2. The summed E-state index contributed by atoms with van der Waals surface area (Å²) in [5.74, 6) is 0. The molecule has 0 aliphatic rings. The Morgan fingerprint density at radius 2 is 1.86 bits per heavy atom. The highest BCUT2D eigenvalue weighted by molar-refractivity contribution is 6.30. The zero-order chi connectivity index (χ0) is 10.4. The van der Waals surface area contributed by atoms with Crippen LogP contribution in [-0.4, -0.2) is 13.2 Å². The summed E-state index contributed by atoms with van der Waals surface area (Å²) in [5, 5.41) is 0.701. The van der Waals surface area contributed by atoms with Crippen molar-refractivity contribution in [1.82, 2.24) is 0 Å². The van der Waals surface area contributed by atoms with Crippen LogP contribution in [0.4, 0.5) is 0 Å². The molecule has 0 heterocycles. The van der Waals surface area contributed by atoms with Gasteiger partial charge in [-0.2, -0.15) is 0 Å². The molecule has 0 fully saturated rings. The highest BCUT2D eigenvalue weighted by Crippen LogP contribution is 2.21. The smallest absolute Gasteiger partial charge is 0.183 e. The Hall–Kier alpha value is -0.570. The standard InChI is InChI=1S/C11H15ClO2/c1-3-13-11(14-4-2)9-6-5-7-10(12)8-9/h5-8,11H,3-4H2,1-2H3. The molecule has 0 aromatic heterocycles. The number of halogens is 1. The number of hydrogen-bond donors (Lipinski definition) is 0. The molecule has 0 aliphatic carbocycles. The first kappa shape index (κ1) is 11.5. The molecule has 0 aliphatic heterocycles. The molecule has 78 valence electrons. The fourth-order valence-electron chi connectivity index (χ4n) is 1.20. The Morgan fingerprint density at radius 1 is 1.21 bits per heavy atom. The van der Waals surface area contributed by atoms with Gasteiger partial charge in [-0.1, -0.05) is 23.7 Å². The Morgan fingerprint density at radius 3 is 2.36 bits per heavy atom. The Bertz CT molecular complexity index is 270. The monoisotopic (exact) mass is 214 g/mol. The molecule has 0 atom stereocenters. The number of rotatable bonds is 5. The quantitative estimate of drug-likeness (QED) is 0.700. The third-order valence-corrected chi connectivity index (χ3v) is 1.99. The van der Waals surface area contributed by atoms with Gasteiger partial charge in [0.1, 0.15) is 0 Å². The second-order valence-corrected chi connectivity index (χ2v) is 3.23. The SMILES string of the molecule is CCOC(OCC)c1cccc(Cl)c1. The van der Waals surface area contributed by atoms with E-state index in [1.807, 2.05) is 38.1 Å². The Balaban J connectivity index is 2.75. The van der Waals surface area contributed by atoms with Gasteiger partial charge in [-0.05, 0) is 26.0 Å². The van der Waals surface area contributed by atoms with Gasteiger partial charge in [0.2, 0.25) is 0 Å². The maximum absolute atomic E-state index is 5.88. The lowest BCUT2D eigenvalue weighted by Gasteiger charge is -2.17. The van der Waals surface area contributed by atoms with E-state index >= 15 is 0 Å². The molecular formula is C11H15ClO2. The van der Waals surface area contributed by atoms with Crippen LogP contribution in [0.15, 0.2) is 24.3 Å². The van der Waals surface area contributed by atoms with Crippen LogP contribution in [0.25, 0.3) is 0 Å². The van der Waals surface area contributed by atoms with Crippen LogP contribution < -0.4 is 0 Å². The zero-order valence-corrected chi connectivity index (χ0v) is 9.25. The zero-order valence-electron chi connectivity index (χ0n) is 8.50. The molecule has 0 radical (unpaired) electrons. The maximum atomic E-state index is 5.88. The first-order chi connectivity index (χ1) is 6.77. The highest BCUT2D eigenvalue weighted by atomic mass is 35.5. The lowest BCUT2D eigenvalue weighted by Crippen LogP contribution is -2.08. The van der Waals surface area contributed by atoms with Gasteiger partial charge in [-0.25, -0.2) is 0 Å². The molecule has 1 aromatic rings. The molecule has 2 nitrogen and oxygen atoms in total. The third-order valence-electron chi connectivity index (χ3n) is 1.76. The predicted molar refractivity (Wildman–Crippen MR) is 57.4 cm³/mol. The van der Waals surface area contributed by atoms with Crippen LogP contribution in [0.3, 0.4) is 0 Å². The summed E-state index contributed by atoms with van der Waals surface area (Å²) in [6.07, 6.45) is -0.302. The number of ether oxygens (including phenoxy) is 2. The summed E-state index contributed by atoms with van der Waals surface area (Å²) in [7, 11) is 0. The minimum atomic E-state index is -0.302. The Kier molecular flexibility index (Phi) is 4.94. The minimum Gasteiger partial charge on any atom is -0.349 e. The van der Waals surface area contributed by atoms with Gasteiger partial charge in [-0.15, -0.1) is 0 Å².